The van der Waals surface area contributed by atoms with E-state index in [1.807, 2.05) is 12.1 Å². The lowest BCUT2D eigenvalue weighted by molar-refractivity contribution is 0.416. The molecule has 1 heterocycles. The number of nitrogen functional groups attached to an aromatic ring is 1. The second-order valence-electron chi connectivity index (χ2n) is 5.40. The highest BCUT2D eigenvalue weighted by Crippen LogP contribution is 2.37. The summed E-state index contributed by atoms with van der Waals surface area (Å²) in [5, 5.41) is 2.90. The molecule has 0 spiro atoms. The van der Waals surface area contributed by atoms with E-state index in [0.29, 0.717) is 0 Å². The molecule has 2 N–H and O–H groups in total. The quantitative estimate of drug-likeness (QED) is 0.874. The number of rotatable bonds is 2. The normalized spacial score (nSPS) is 11.6. The fourth-order valence-corrected chi connectivity index (χ4v) is 2.55. The minimum Gasteiger partial charge on any atom is -0.496 e. The molecule has 0 saturated carbocycles. The molecule has 1 aromatic heterocycles. The lowest BCUT2D eigenvalue weighted by Gasteiger charge is -2.21. The highest BCUT2D eigenvalue weighted by molar-refractivity contribution is 7.14. The van der Waals surface area contributed by atoms with Crippen LogP contribution in [-0.2, 0) is 5.41 Å². The second-order valence-corrected chi connectivity index (χ2v) is 6.35. The van der Waals surface area contributed by atoms with Crippen molar-refractivity contribution < 1.29 is 4.74 Å². The molecule has 1 aromatic carbocycles. The van der Waals surface area contributed by atoms with Crippen molar-refractivity contribution in [2.75, 3.05) is 12.8 Å². The van der Waals surface area contributed by atoms with Crippen molar-refractivity contribution in [2.24, 2.45) is 0 Å². The Labute approximate surface area is 112 Å². The highest BCUT2D eigenvalue weighted by atomic mass is 32.1. The number of hydrogen-bond donors (Lipinski definition) is 1. The van der Waals surface area contributed by atoms with Gasteiger partial charge in [0.25, 0.3) is 0 Å². The Morgan fingerprint density at radius 2 is 1.89 bits per heavy atom. The Kier molecular flexibility index (Phi) is 3.35. The van der Waals surface area contributed by atoms with Crippen molar-refractivity contribution in [1.82, 2.24) is 0 Å². The summed E-state index contributed by atoms with van der Waals surface area (Å²) in [6, 6.07) is 8.34. The van der Waals surface area contributed by atoms with Gasteiger partial charge in [-0.2, -0.15) is 0 Å². The number of thiophene rings is 1. The van der Waals surface area contributed by atoms with E-state index >= 15 is 0 Å². The maximum atomic E-state index is 5.81. The van der Waals surface area contributed by atoms with E-state index in [2.05, 4.69) is 38.3 Å². The van der Waals surface area contributed by atoms with Crippen LogP contribution in [0, 0.1) is 0 Å². The highest BCUT2D eigenvalue weighted by Gasteiger charge is 2.17. The lowest BCUT2D eigenvalue weighted by Crippen LogP contribution is -2.11. The Balaban J connectivity index is 2.56. The van der Waals surface area contributed by atoms with Crippen molar-refractivity contribution in [3.05, 3.63) is 35.2 Å². The van der Waals surface area contributed by atoms with Crippen LogP contribution in [-0.4, -0.2) is 7.11 Å². The summed E-state index contributed by atoms with van der Waals surface area (Å²) in [4.78, 5) is 0. The number of ether oxygens (including phenoxy) is 1. The molecule has 0 radical (unpaired) electrons. The zero-order valence-electron chi connectivity index (χ0n) is 11.3. The Bertz CT molecular complexity index is 552. The molecule has 0 bridgehead atoms. The molecule has 96 valence electrons. The molecule has 0 aliphatic carbocycles. The van der Waals surface area contributed by atoms with E-state index in [1.54, 1.807) is 18.4 Å². The molecule has 0 amide bonds. The van der Waals surface area contributed by atoms with Crippen LogP contribution >= 0.6 is 11.3 Å². The molecular weight excluding hydrogens is 242 g/mol. The summed E-state index contributed by atoms with van der Waals surface area (Å²) in [5.74, 6) is 0.890. The zero-order valence-corrected chi connectivity index (χ0v) is 12.1. The van der Waals surface area contributed by atoms with Crippen LogP contribution in [0.15, 0.2) is 29.6 Å². The summed E-state index contributed by atoms with van der Waals surface area (Å²) in [7, 11) is 1.70. The van der Waals surface area contributed by atoms with Gasteiger partial charge >= 0.3 is 0 Å². The summed E-state index contributed by atoms with van der Waals surface area (Å²) < 4.78 is 5.44. The average Bonchev–Trinajstić information content (AvgIpc) is 2.73. The maximum Gasteiger partial charge on any atom is 0.126 e. The summed E-state index contributed by atoms with van der Waals surface area (Å²) >= 11 is 1.55. The van der Waals surface area contributed by atoms with Gasteiger partial charge in [0.1, 0.15) is 5.75 Å². The summed E-state index contributed by atoms with van der Waals surface area (Å²) in [5.41, 5.74) is 9.47. The van der Waals surface area contributed by atoms with Gasteiger partial charge in [-0.25, -0.2) is 0 Å². The molecule has 18 heavy (non-hydrogen) atoms. The van der Waals surface area contributed by atoms with Gasteiger partial charge in [0.2, 0.25) is 0 Å². The van der Waals surface area contributed by atoms with Crippen LogP contribution in [0.5, 0.6) is 5.75 Å². The predicted octanol–water partition coefficient (Wildman–Crippen LogP) is 4.30. The van der Waals surface area contributed by atoms with Crippen LogP contribution in [0.1, 0.15) is 26.3 Å². The Hall–Kier alpha value is -1.48. The van der Waals surface area contributed by atoms with Gasteiger partial charge in [0.05, 0.1) is 12.1 Å². The van der Waals surface area contributed by atoms with Gasteiger partial charge in [-0.1, -0.05) is 26.8 Å². The molecule has 0 aliphatic rings. The van der Waals surface area contributed by atoms with E-state index in [-0.39, 0.29) is 5.41 Å². The number of nitrogens with two attached hydrogens (primary N) is 1. The molecule has 0 atom stereocenters. The molecule has 3 heteroatoms. The third-order valence-corrected chi connectivity index (χ3v) is 3.76. The SMILES string of the molecule is COc1ccc(C(C)(C)C)cc1-c1csc(N)c1. The van der Waals surface area contributed by atoms with Gasteiger partial charge < -0.3 is 10.5 Å². The van der Waals surface area contributed by atoms with Crippen molar-refractivity contribution in [3.63, 3.8) is 0 Å². The first-order chi connectivity index (χ1) is 8.41. The predicted molar refractivity (Wildman–Crippen MR) is 79.4 cm³/mol. The molecule has 0 saturated heterocycles. The van der Waals surface area contributed by atoms with E-state index in [0.717, 1.165) is 21.9 Å². The van der Waals surface area contributed by atoms with Gasteiger partial charge in [-0.05, 0) is 34.7 Å². The average molecular weight is 261 g/mol. The molecule has 2 rings (SSSR count). The van der Waals surface area contributed by atoms with E-state index in [9.17, 15) is 0 Å². The van der Waals surface area contributed by atoms with Gasteiger partial charge in [0.15, 0.2) is 0 Å². The van der Waals surface area contributed by atoms with E-state index in [1.165, 1.54) is 5.56 Å². The van der Waals surface area contributed by atoms with Crippen LogP contribution in [0.3, 0.4) is 0 Å². The molecule has 0 aliphatic heterocycles. The smallest absolute Gasteiger partial charge is 0.126 e. The zero-order chi connectivity index (χ0) is 13.3. The molecular formula is C15H19NOS. The monoisotopic (exact) mass is 261 g/mol. The molecule has 2 aromatic rings. The number of anilines is 1. The standard InChI is InChI=1S/C15H19NOS/c1-15(2,3)11-5-6-13(17-4)12(8-11)10-7-14(16)18-9-10/h5-9H,16H2,1-4H3. The van der Waals surface area contributed by atoms with E-state index in [4.69, 9.17) is 10.5 Å². The number of methoxy groups -OCH3 is 1. The maximum absolute atomic E-state index is 5.81. The second kappa shape index (κ2) is 4.65. The topological polar surface area (TPSA) is 35.2 Å². The summed E-state index contributed by atoms with van der Waals surface area (Å²) in [6.45, 7) is 6.63. The molecule has 0 unspecified atom stereocenters. The lowest BCUT2D eigenvalue weighted by atomic mass is 9.85. The fraction of sp³-hybridized carbons (Fsp3) is 0.333. The van der Waals surface area contributed by atoms with Gasteiger partial charge in [-0.15, -0.1) is 11.3 Å². The Morgan fingerprint density at radius 3 is 2.39 bits per heavy atom. The number of hydrogen-bond acceptors (Lipinski definition) is 3. The van der Waals surface area contributed by atoms with Crippen LogP contribution in [0.25, 0.3) is 11.1 Å². The van der Waals surface area contributed by atoms with Crippen LogP contribution < -0.4 is 10.5 Å². The third kappa shape index (κ3) is 2.51. The van der Waals surface area contributed by atoms with Gasteiger partial charge in [-0.3, -0.25) is 0 Å². The minimum absolute atomic E-state index is 0.128. The first kappa shape index (κ1) is 13.0. The first-order valence-electron chi connectivity index (χ1n) is 5.94. The van der Waals surface area contributed by atoms with Crippen molar-refractivity contribution in [3.8, 4) is 16.9 Å². The van der Waals surface area contributed by atoms with Gasteiger partial charge in [0, 0.05) is 10.9 Å². The van der Waals surface area contributed by atoms with Crippen LogP contribution in [0.2, 0.25) is 0 Å². The fourth-order valence-electron chi connectivity index (χ4n) is 1.89. The molecule has 2 nitrogen and oxygen atoms in total. The summed E-state index contributed by atoms with van der Waals surface area (Å²) in [6.07, 6.45) is 0. The largest absolute Gasteiger partial charge is 0.496 e. The minimum atomic E-state index is 0.128. The van der Waals surface area contributed by atoms with Crippen molar-refractivity contribution in [1.29, 1.82) is 0 Å². The number of benzene rings is 1. The third-order valence-electron chi connectivity index (χ3n) is 3.00. The van der Waals surface area contributed by atoms with Crippen molar-refractivity contribution >= 4 is 16.3 Å². The van der Waals surface area contributed by atoms with Crippen LogP contribution in [0.4, 0.5) is 5.00 Å². The van der Waals surface area contributed by atoms with E-state index < -0.39 is 0 Å². The molecule has 0 fully saturated rings. The first-order valence-corrected chi connectivity index (χ1v) is 6.82. The Morgan fingerprint density at radius 1 is 1.17 bits per heavy atom. The van der Waals surface area contributed by atoms with Crippen molar-refractivity contribution in [2.45, 2.75) is 26.2 Å².